The maximum Gasteiger partial charge on any atom is 0.347 e. The Labute approximate surface area is 195 Å². The molecule has 1 saturated heterocycles. The Kier molecular flexibility index (Phi) is 5.22. The van der Waals surface area contributed by atoms with Crippen LogP contribution in [0.3, 0.4) is 0 Å². The molecule has 0 spiro atoms. The summed E-state index contributed by atoms with van der Waals surface area (Å²) in [5.74, 6) is -2.26. The Hall–Kier alpha value is -3.56. The normalized spacial score (nSPS) is 17.9. The van der Waals surface area contributed by atoms with Crippen molar-refractivity contribution in [1.82, 2.24) is 19.9 Å². The SMILES string of the molecule is O=C(Cn1cc(CN2C(=O)C(=O)C3CC(Cl)=CC=C32)nn1)c1cc2cc(Cl)ccc2oc1=O. The number of hydrogen-bond acceptors (Lipinski definition) is 7. The monoisotopic (exact) mass is 484 g/mol. The van der Waals surface area contributed by atoms with Gasteiger partial charge in [-0.2, -0.15) is 0 Å². The van der Waals surface area contributed by atoms with Crippen molar-refractivity contribution in [3.8, 4) is 0 Å². The summed E-state index contributed by atoms with van der Waals surface area (Å²) in [5.41, 5.74) is 0.357. The fraction of sp³-hybridized carbons (Fsp3) is 0.182. The molecule has 1 aliphatic heterocycles. The van der Waals surface area contributed by atoms with Crippen LogP contribution in [-0.4, -0.2) is 37.4 Å². The van der Waals surface area contributed by atoms with Gasteiger partial charge in [0, 0.05) is 21.1 Å². The molecule has 3 heterocycles. The molecule has 1 aromatic carbocycles. The van der Waals surface area contributed by atoms with Crippen LogP contribution in [0.1, 0.15) is 22.5 Å². The number of benzene rings is 1. The number of rotatable bonds is 5. The molecule has 0 N–H and O–H groups in total. The summed E-state index contributed by atoms with van der Waals surface area (Å²) in [5, 5.41) is 9.37. The van der Waals surface area contributed by atoms with Crippen molar-refractivity contribution in [2.24, 2.45) is 5.92 Å². The van der Waals surface area contributed by atoms with Crippen LogP contribution in [0.4, 0.5) is 0 Å². The number of amides is 1. The molecular weight excluding hydrogens is 471 g/mol. The van der Waals surface area contributed by atoms with Crippen LogP contribution in [0, 0.1) is 5.92 Å². The second kappa shape index (κ2) is 8.09. The van der Waals surface area contributed by atoms with E-state index in [4.69, 9.17) is 27.6 Å². The lowest BCUT2D eigenvalue weighted by molar-refractivity contribution is -0.140. The number of nitrogens with zero attached hydrogens (tertiary/aromatic N) is 4. The summed E-state index contributed by atoms with van der Waals surface area (Å²) in [6.07, 6.45) is 5.08. The maximum atomic E-state index is 12.7. The Balaban J connectivity index is 1.34. The molecule has 2 aliphatic rings. The van der Waals surface area contributed by atoms with E-state index in [2.05, 4.69) is 10.3 Å². The van der Waals surface area contributed by atoms with Crippen LogP contribution >= 0.6 is 23.2 Å². The summed E-state index contributed by atoms with van der Waals surface area (Å²) in [7, 11) is 0. The highest BCUT2D eigenvalue weighted by atomic mass is 35.5. The number of halogens is 2. The zero-order chi connectivity index (χ0) is 23.3. The van der Waals surface area contributed by atoms with Gasteiger partial charge in [-0.1, -0.05) is 28.4 Å². The molecule has 1 fully saturated rings. The van der Waals surface area contributed by atoms with Gasteiger partial charge >= 0.3 is 5.63 Å². The fourth-order valence-corrected chi connectivity index (χ4v) is 4.30. The van der Waals surface area contributed by atoms with Crippen LogP contribution in [0.2, 0.25) is 5.02 Å². The minimum absolute atomic E-state index is 0.0170. The molecule has 9 nitrogen and oxygen atoms in total. The number of allylic oxidation sites excluding steroid dienone is 4. The smallest absolute Gasteiger partial charge is 0.347 e. The highest BCUT2D eigenvalue weighted by Crippen LogP contribution is 2.36. The van der Waals surface area contributed by atoms with Crippen molar-refractivity contribution >= 4 is 51.6 Å². The highest BCUT2D eigenvalue weighted by molar-refractivity contribution is 6.41. The lowest BCUT2D eigenvalue weighted by Gasteiger charge is -2.20. The number of Topliss-reactive ketones (excluding diaryl/α,β-unsaturated/α-hetero) is 2. The van der Waals surface area contributed by atoms with E-state index in [0.717, 1.165) is 0 Å². The van der Waals surface area contributed by atoms with Gasteiger partial charge in [0.15, 0.2) is 5.78 Å². The van der Waals surface area contributed by atoms with Crippen molar-refractivity contribution in [1.29, 1.82) is 0 Å². The van der Waals surface area contributed by atoms with Crippen molar-refractivity contribution in [3.63, 3.8) is 0 Å². The van der Waals surface area contributed by atoms with Crippen LogP contribution < -0.4 is 5.63 Å². The standard InChI is InChI=1S/C22H14Cl2N4O5/c23-12-2-4-19-11(5-12)6-16(22(32)33-19)18(29)10-27-8-14(25-26-27)9-28-17-3-1-13(24)7-15(17)20(30)21(28)31/h1-6,8,15H,7,9-10H2. The third-order valence-corrected chi connectivity index (χ3v) is 6.00. The molecule has 3 aromatic rings. The first-order valence-corrected chi connectivity index (χ1v) is 10.6. The number of carbonyl (C=O) groups is 3. The average molecular weight is 485 g/mol. The lowest BCUT2D eigenvalue weighted by atomic mass is 9.96. The number of carbonyl (C=O) groups excluding carboxylic acids is 3. The largest absolute Gasteiger partial charge is 0.422 e. The summed E-state index contributed by atoms with van der Waals surface area (Å²) in [6, 6.07) is 6.15. The number of fused-ring (bicyclic) bond motifs is 2. The summed E-state index contributed by atoms with van der Waals surface area (Å²) in [6.45, 7) is -0.246. The van der Waals surface area contributed by atoms with Gasteiger partial charge in [-0.3, -0.25) is 14.4 Å². The molecule has 1 aliphatic carbocycles. The van der Waals surface area contributed by atoms with Crippen molar-refractivity contribution in [2.45, 2.75) is 19.5 Å². The molecule has 1 atom stereocenters. The molecule has 0 bridgehead atoms. The molecule has 11 heteroatoms. The van der Waals surface area contributed by atoms with Gasteiger partial charge in [0.2, 0.25) is 5.78 Å². The number of hydrogen-bond donors (Lipinski definition) is 0. The third kappa shape index (κ3) is 3.90. The molecule has 1 amide bonds. The second-order valence-corrected chi connectivity index (χ2v) is 8.60. The molecule has 2 aromatic heterocycles. The number of ketones is 2. The maximum absolute atomic E-state index is 12.7. The predicted octanol–water partition coefficient (Wildman–Crippen LogP) is 2.86. The Morgan fingerprint density at radius 2 is 1.97 bits per heavy atom. The Bertz CT molecular complexity index is 1470. The van der Waals surface area contributed by atoms with Gasteiger partial charge in [0.1, 0.15) is 23.4 Å². The fourth-order valence-electron chi connectivity index (χ4n) is 3.90. The van der Waals surface area contributed by atoms with E-state index in [-0.39, 0.29) is 25.1 Å². The van der Waals surface area contributed by atoms with Gasteiger partial charge in [0.05, 0.1) is 18.7 Å². The van der Waals surface area contributed by atoms with E-state index in [0.29, 0.717) is 32.4 Å². The minimum Gasteiger partial charge on any atom is -0.422 e. The van der Waals surface area contributed by atoms with Crippen molar-refractivity contribution < 1.29 is 18.8 Å². The second-order valence-electron chi connectivity index (χ2n) is 7.68. The average Bonchev–Trinajstić information content (AvgIpc) is 3.31. The predicted molar refractivity (Wildman–Crippen MR) is 118 cm³/mol. The van der Waals surface area contributed by atoms with E-state index in [9.17, 15) is 19.2 Å². The summed E-state index contributed by atoms with van der Waals surface area (Å²) < 4.78 is 6.46. The first-order chi connectivity index (χ1) is 15.8. The van der Waals surface area contributed by atoms with Crippen LogP contribution in [0.25, 0.3) is 11.0 Å². The van der Waals surface area contributed by atoms with Crippen molar-refractivity contribution in [3.05, 3.63) is 80.0 Å². The van der Waals surface area contributed by atoms with Crippen LogP contribution in [0.15, 0.2) is 62.6 Å². The number of likely N-dealkylation sites (tertiary alicyclic amines) is 1. The van der Waals surface area contributed by atoms with E-state index in [1.807, 2.05) is 0 Å². The molecule has 1 unspecified atom stereocenters. The lowest BCUT2D eigenvalue weighted by Crippen LogP contribution is -2.26. The quantitative estimate of drug-likeness (QED) is 0.310. The van der Waals surface area contributed by atoms with E-state index in [1.165, 1.54) is 21.8 Å². The zero-order valence-corrected chi connectivity index (χ0v) is 18.3. The molecule has 33 heavy (non-hydrogen) atoms. The zero-order valence-electron chi connectivity index (χ0n) is 16.8. The van der Waals surface area contributed by atoms with Crippen LogP contribution in [0.5, 0.6) is 0 Å². The van der Waals surface area contributed by atoms with Gasteiger partial charge in [-0.15, -0.1) is 5.10 Å². The first kappa shape index (κ1) is 21.3. The molecule has 166 valence electrons. The van der Waals surface area contributed by atoms with E-state index >= 15 is 0 Å². The molecule has 0 radical (unpaired) electrons. The van der Waals surface area contributed by atoms with Gasteiger partial charge in [-0.05, 0) is 42.8 Å². The third-order valence-electron chi connectivity index (χ3n) is 5.48. The highest BCUT2D eigenvalue weighted by Gasteiger charge is 2.44. The Morgan fingerprint density at radius 3 is 2.79 bits per heavy atom. The van der Waals surface area contributed by atoms with Crippen molar-refractivity contribution in [2.75, 3.05) is 0 Å². The van der Waals surface area contributed by atoms with Gasteiger partial charge < -0.3 is 9.32 Å². The topological polar surface area (TPSA) is 115 Å². The molecular formula is C22H14Cl2N4O5. The first-order valence-electron chi connectivity index (χ1n) is 9.88. The molecule has 0 saturated carbocycles. The van der Waals surface area contributed by atoms with Gasteiger partial charge in [0.25, 0.3) is 5.91 Å². The summed E-state index contributed by atoms with van der Waals surface area (Å²) >= 11 is 12.0. The van der Waals surface area contributed by atoms with Gasteiger partial charge in [-0.25, -0.2) is 9.48 Å². The molecule has 5 rings (SSSR count). The number of aromatic nitrogens is 3. The Morgan fingerprint density at radius 1 is 1.15 bits per heavy atom. The van der Waals surface area contributed by atoms with E-state index in [1.54, 1.807) is 30.4 Å². The minimum atomic E-state index is -0.765. The van der Waals surface area contributed by atoms with E-state index < -0.39 is 29.0 Å². The van der Waals surface area contributed by atoms with Crippen LogP contribution in [-0.2, 0) is 22.7 Å². The summed E-state index contributed by atoms with van der Waals surface area (Å²) in [4.78, 5) is 51.0.